The molecule has 4 aromatic rings. The number of carbonyl (C=O) groups is 4. The van der Waals surface area contributed by atoms with Crippen molar-refractivity contribution in [2.45, 2.75) is 109 Å². The van der Waals surface area contributed by atoms with Crippen LogP contribution in [0.25, 0.3) is 33.6 Å². The quantitative estimate of drug-likeness (QED) is 0.113. The summed E-state index contributed by atoms with van der Waals surface area (Å²) in [7, 11) is 2.53. The summed E-state index contributed by atoms with van der Waals surface area (Å²) in [6, 6.07) is 19.4. The lowest BCUT2D eigenvalue weighted by Gasteiger charge is -2.45. The number of allylic oxidation sites excluding steroid dienone is 1. The van der Waals surface area contributed by atoms with Gasteiger partial charge >= 0.3 is 12.2 Å². The maximum atomic E-state index is 14.2. The monoisotopic (exact) mass is 866 g/mol. The molecule has 4 N–H and O–H groups in total. The van der Waals surface area contributed by atoms with Crippen LogP contribution in [-0.4, -0.2) is 86.1 Å². The second-order valence-electron chi connectivity index (χ2n) is 18.4. The number of nitrogens with zero attached hydrogens (tertiary/aromatic N) is 6. The summed E-state index contributed by atoms with van der Waals surface area (Å²) in [5.41, 5.74) is 5.37. The maximum Gasteiger partial charge on any atom is 0.411 e. The van der Waals surface area contributed by atoms with Crippen molar-refractivity contribution in [1.29, 1.82) is 10.5 Å². The number of ether oxygens (including phenoxy) is 2. The van der Waals surface area contributed by atoms with E-state index in [0.717, 1.165) is 58.5 Å². The number of aromatic amines is 2. The lowest BCUT2D eigenvalue weighted by atomic mass is 9.61. The molecule has 4 amide bonds. The van der Waals surface area contributed by atoms with E-state index in [1.807, 2.05) is 56.9 Å². The number of hydrogen-bond acceptors (Lipinski definition) is 10. The smallest absolute Gasteiger partial charge is 0.411 e. The standard InChI is InChI=1S/C48H54N10O6/c1-27-7-17-37(57(27)43(59)39(55-45(61)63-5)33-19-47(3,20-33)25-49)41-51-23-35(53-41)31-13-9-29(10-14-31)30-11-15-32(16-12-30)36-24-52-42(54-36)38-18-8-28(2)58(38)44(60)40(56-46(62)64-6)34-21-48(4,22-34)26-50/h9-16,23-24,27-28,33,37-39H,7-8,17-22H2,1-6H3,(H,51,53)(H,52,54)(H,55,61)(H,56,62). The van der Waals surface area contributed by atoms with Crippen LogP contribution >= 0.6 is 0 Å². The average molecular weight is 867 g/mol. The van der Waals surface area contributed by atoms with Gasteiger partial charge in [0.25, 0.3) is 5.91 Å². The Labute approximate surface area is 372 Å². The molecule has 5 unspecified atom stereocenters. The molecular formula is C48H54N10O6. The summed E-state index contributed by atoms with van der Waals surface area (Å²) in [6.07, 6.45) is 6.96. The van der Waals surface area contributed by atoms with Gasteiger partial charge in [0.05, 0.1) is 73.1 Å². The first kappa shape index (κ1) is 43.7. The van der Waals surface area contributed by atoms with E-state index in [0.29, 0.717) is 43.8 Å². The van der Waals surface area contributed by atoms with Crippen molar-refractivity contribution in [3.05, 3.63) is 83.8 Å². The molecule has 8 rings (SSSR count). The number of benzene rings is 2. The minimum atomic E-state index is -0.799. The van der Waals surface area contributed by atoms with E-state index in [2.05, 4.69) is 57.0 Å². The molecule has 2 saturated carbocycles. The van der Waals surface area contributed by atoms with Gasteiger partial charge in [-0.2, -0.15) is 10.5 Å². The Morgan fingerprint density at radius 3 is 1.67 bits per heavy atom. The van der Waals surface area contributed by atoms with E-state index in [1.54, 1.807) is 17.3 Å². The highest BCUT2D eigenvalue weighted by molar-refractivity contribution is 5.98. The summed E-state index contributed by atoms with van der Waals surface area (Å²) in [5.74, 6) is 0.668. The van der Waals surface area contributed by atoms with Gasteiger partial charge in [-0.1, -0.05) is 48.5 Å². The van der Waals surface area contributed by atoms with Gasteiger partial charge in [0, 0.05) is 12.1 Å². The number of H-pyrrole nitrogens is 2. The number of nitriles is 2. The van der Waals surface area contributed by atoms with Crippen LogP contribution < -0.4 is 10.6 Å². The maximum absolute atomic E-state index is 14.2. The molecule has 2 aromatic heterocycles. The number of imidazole rings is 2. The molecule has 2 aliphatic heterocycles. The molecule has 4 aliphatic rings. The van der Waals surface area contributed by atoms with E-state index in [4.69, 9.17) is 19.4 Å². The fourth-order valence-electron chi connectivity index (χ4n) is 10.1. The molecule has 332 valence electrons. The van der Waals surface area contributed by atoms with E-state index >= 15 is 0 Å². The molecule has 16 nitrogen and oxygen atoms in total. The summed E-state index contributed by atoms with van der Waals surface area (Å²) >= 11 is 0. The lowest BCUT2D eigenvalue weighted by molar-refractivity contribution is -0.139. The van der Waals surface area contributed by atoms with Crippen molar-refractivity contribution in [3.63, 3.8) is 0 Å². The second kappa shape index (κ2) is 17.3. The van der Waals surface area contributed by atoms with Gasteiger partial charge in [0.1, 0.15) is 23.4 Å². The second-order valence-corrected chi connectivity index (χ2v) is 18.4. The first-order chi connectivity index (χ1) is 30.7. The highest BCUT2D eigenvalue weighted by Crippen LogP contribution is 2.49. The number of hydrogen-bond donors (Lipinski definition) is 4. The topological polar surface area (TPSA) is 222 Å². The molecule has 4 fully saturated rings. The highest BCUT2D eigenvalue weighted by Gasteiger charge is 2.50. The Balaban J connectivity index is 0.936. The molecule has 5 atom stereocenters. The zero-order valence-electron chi connectivity index (χ0n) is 37.0. The third-order valence-electron chi connectivity index (χ3n) is 13.7. The van der Waals surface area contributed by atoms with Crippen LogP contribution in [0.3, 0.4) is 0 Å². The number of nitrogens with one attached hydrogen (secondary N) is 4. The van der Waals surface area contributed by atoms with E-state index in [-0.39, 0.29) is 47.6 Å². The minimum absolute atomic E-state index is 0.0653. The number of amides is 4. The predicted octanol–water partition coefficient (Wildman–Crippen LogP) is 7.84. The van der Waals surface area contributed by atoms with Gasteiger partial charge in [0.2, 0.25) is 5.91 Å². The number of carbonyl (C=O) groups excluding carboxylic acids is 4. The van der Waals surface area contributed by atoms with Gasteiger partial charge in [-0.25, -0.2) is 19.6 Å². The largest absolute Gasteiger partial charge is 0.453 e. The third kappa shape index (κ3) is 8.32. The zero-order chi connectivity index (χ0) is 45.5. The molecule has 0 bridgehead atoms. The normalized spacial score (nSPS) is 26.4. The van der Waals surface area contributed by atoms with Crippen LogP contribution in [0, 0.1) is 39.4 Å². The Morgan fingerprint density at radius 1 is 0.719 bits per heavy atom. The Hall–Kier alpha value is -6.94. The number of likely N-dealkylation sites (tertiary alicyclic amines) is 2. The van der Waals surface area contributed by atoms with Crippen LogP contribution in [0.15, 0.2) is 72.2 Å². The number of rotatable bonds is 10. The molecule has 4 heterocycles. The Kier molecular flexibility index (Phi) is 11.8. The molecule has 0 spiro atoms. The third-order valence-corrected chi connectivity index (χ3v) is 13.7. The predicted molar refractivity (Wildman–Crippen MR) is 235 cm³/mol. The molecule has 0 radical (unpaired) electrons. The lowest BCUT2D eigenvalue weighted by Crippen LogP contribution is -2.57. The number of aromatic nitrogens is 4. The van der Waals surface area contributed by atoms with Crippen molar-refractivity contribution in [2.75, 3.05) is 14.2 Å². The van der Waals surface area contributed by atoms with Crippen molar-refractivity contribution in [1.82, 2.24) is 40.4 Å². The van der Waals surface area contributed by atoms with E-state index in [1.165, 1.54) is 14.2 Å². The van der Waals surface area contributed by atoms with Crippen molar-refractivity contribution in [3.8, 4) is 45.8 Å². The van der Waals surface area contributed by atoms with Crippen LogP contribution in [0.2, 0.25) is 0 Å². The SMILES string of the molecule is COC(=O)NC(C(=O)N1C(C)CCC1c1ncc(-c2ccc(-c3ccc(-c4cnc(C5CCC(C)N5C(=O)C(NC(=O)OC)C5CC(C)(C#N)C5)[nH]4)cc3)cc2)[nH]1)=C1CC(C)(C#N)C1. The van der Waals surface area contributed by atoms with Gasteiger partial charge in [-0.3, -0.25) is 14.9 Å². The van der Waals surface area contributed by atoms with Crippen LogP contribution in [0.4, 0.5) is 9.59 Å². The average Bonchev–Trinajstić information content (AvgIpc) is 4.12. The molecule has 2 saturated heterocycles. The van der Waals surface area contributed by atoms with Crippen molar-refractivity contribution >= 4 is 24.0 Å². The van der Waals surface area contributed by atoms with Crippen molar-refractivity contribution < 1.29 is 28.7 Å². The van der Waals surface area contributed by atoms with Crippen LogP contribution in [0.1, 0.15) is 103 Å². The molecule has 2 aliphatic carbocycles. The summed E-state index contributed by atoms with van der Waals surface area (Å²) in [4.78, 5) is 72.9. The number of methoxy groups -OCH3 is 2. The van der Waals surface area contributed by atoms with Crippen LogP contribution in [0.5, 0.6) is 0 Å². The van der Waals surface area contributed by atoms with Gasteiger partial charge in [0.15, 0.2) is 0 Å². The highest BCUT2D eigenvalue weighted by atomic mass is 16.5. The summed E-state index contributed by atoms with van der Waals surface area (Å²) in [6.45, 7) is 7.72. The van der Waals surface area contributed by atoms with E-state index < -0.39 is 29.1 Å². The van der Waals surface area contributed by atoms with Gasteiger partial charge in [-0.15, -0.1) is 0 Å². The summed E-state index contributed by atoms with van der Waals surface area (Å²) < 4.78 is 9.70. The molecule has 16 heteroatoms. The van der Waals surface area contributed by atoms with Crippen LogP contribution in [-0.2, 0) is 19.1 Å². The first-order valence-corrected chi connectivity index (χ1v) is 21.9. The first-order valence-electron chi connectivity index (χ1n) is 21.9. The molecule has 64 heavy (non-hydrogen) atoms. The zero-order valence-corrected chi connectivity index (χ0v) is 37.0. The van der Waals surface area contributed by atoms with Gasteiger partial charge in [-0.05, 0) is 113 Å². The fraction of sp³-hybridized carbons (Fsp3) is 0.458. The van der Waals surface area contributed by atoms with E-state index in [9.17, 15) is 29.7 Å². The number of alkyl carbamates (subject to hydrolysis) is 2. The van der Waals surface area contributed by atoms with Gasteiger partial charge < -0.3 is 34.6 Å². The molecular weight excluding hydrogens is 813 g/mol. The van der Waals surface area contributed by atoms with Crippen molar-refractivity contribution in [2.24, 2.45) is 16.7 Å². The minimum Gasteiger partial charge on any atom is -0.453 e. The Bertz CT molecular complexity index is 2550. The molecule has 2 aromatic carbocycles. The Morgan fingerprint density at radius 2 is 1.19 bits per heavy atom. The fourth-order valence-corrected chi connectivity index (χ4v) is 10.1. The summed E-state index contributed by atoms with van der Waals surface area (Å²) in [5, 5.41) is 24.6.